The lowest BCUT2D eigenvalue weighted by Crippen LogP contribution is -2.68. The fourth-order valence-corrected chi connectivity index (χ4v) is 15.5. The summed E-state index contributed by atoms with van der Waals surface area (Å²) < 4.78 is 14.0. The van der Waals surface area contributed by atoms with Crippen LogP contribution in [0.5, 0.6) is 0 Å². The summed E-state index contributed by atoms with van der Waals surface area (Å²) in [4.78, 5) is 12.0. The molecule has 4 nitrogen and oxygen atoms in total. The van der Waals surface area contributed by atoms with Crippen molar-refractivity contribution in [3.05, 3.63) is 35.5 Å². The maximum atomic E-state index is 14.0. The molecule has 284 valence electrons. The molecule has 0 bridgehead atoms. The van der Waals surface area contributed by atoms with E-state index in [1.54, 1.807) is 0 Å². The fourth-order valence-electron chi connectivity index (χ4n) is 15.5. The second-order valence-electron chi connectivity index (χ2n) is 21.3. The Balaban J connectivity index is 1.06. The number of allylic oxidation sites excluding steroid dienone is 5. The molecule has 0 radical (unpaired) electrons. The highest BCUT2D eigenvalue weighted by Gasteiger charge is 2.70. The van der Waals surface area contributed by atoms with E-state index in [1.807, 2.05) is 0 Å². The molecule has 5 heteroatoms. The van der Waals surface area contributed by atoms with E-state index in [2.05, 4.69) is 65.6 Å². The highest BCUT2D eigenvalue weighted by molar-refractivity contribution is 5.75. The van der Waals surface area contributed by atoms with E-state index in [4.69, 9.17) is 0 Å². The standard InChI is InChI=1S/C46H70FNO3/c1-29(2)33-16-23-45(48-27-26-46(51,31-8-9-31)32-10-11-32)25-24-42(6)35(38(33)45)12-13-37-41(5)19-17-34(40(3,4)36(41)18-20-43(37,42)7)30-14-21-44(28-47,22-15-30)39(49)50/h14,17,31-33,35-38,48,51H,1,8-13,15-16,18-28H2,2-7H3,(H,49,50)/t33-,35+,36-,37+,38+,41-,42+,43+,44?,45-/m0/s1. The summed E-state index contributed by atoms with van der Waals surface area (Å²) in [6.45, 7) is 20.1. The van der Waals surface area contributed by atoms with Gasteiger partial charge in [-0.3, -0.25) is 4.79 Å². The summed E-state index contributed by atoms with van der Waals surface area (Å²) in [5.41, 5.74) is 3.38. The first-order valence-electron chi connectivity index (χ1n) is 21.3. The van der Waals surface area contributed by atoms with Gasteiger partial charge in [-0.2, -0.15) is 0 Å². The Kier molecular flexibility index (Phi) is 8.60. The van der Waals surface area contributed by atoms with E-state index in [9.17, 15) is 19.4 Å². The summed E-state index contributed by atoms with van der Waals surface area (Å²) in [7, 11) is 0. The Morgan fingerprint density at radius 1 is 0.882 bits per heavy atom. The molecule has 0 saturated heterocycles. The second kappa shape index (κ2) is 12.0. The molecular formula is C46H70FNO3. The minimum Gasteiger partial charge on any atom is -0.481 e. The van der Waals surface area contributed by atoms with Gasteiger partial charge in [0.1, 0.15) is 6.67 Å². The van der Waals surface area contributed by atoms with E-state index < -0.39 is 23.7 Å². The SMILES string of the molecule is C=C(C)[C@@H]1CC[C@]2(NCCC(O)(C3CC3)C3CC3)CC[C@]3(C)[C@H](CC[C@@H]4[C@@]5(C)CC=C(C6=CCC(CF)(C(=O)O)CC6)C(C)(C)[C@@H]5CC[C@]43C)[C@@H]12. The average molecular weight is 704 g/mol. The van der Waals surface area contributed by atoms with Crippen molar-refractivity contribution in [2.75, 3.05) is 13.2 Å². The van der Waals surface area contributed by atoms with Crippen LogP contribution < -0.4 is 5.32 Å². The van der Waals surface area contributed by atoms with Gasteiger partial charge in [0.05, 0.1) is 11.0 Å². The van der Waals surface area contributed by atoms with Crippen LogP contribution in [0.2, 0.25) is 0 Å². The van der Waals surface area contributed by atoms with Gasteiger partial charge >= 0.3 is 5.97 Å². The highest BCUT2D eigenvalue weighted by Crippen LogP contribution is 2.76. The first-order valence-corrected chi connectivity index (χ1v) is 21.3. The molecule has 8 aliphatic rings. The Morgan fingerprint density at radius 3 is 2.18 bits per heavy atom. The summed E-state index contributed by atoms with van der Waals surface area (Å²) >= 11 is 0. The van der Waals surface area contributed by atoms with Gasteiger partial charge in [0.25, 0.3) is 0 Å². The number of hydrogen-bond acceptors (Lipinski definition) is 3. The van der Waals surface area contributed by atoms with Crippen LogP contribution in [0.15, 0.2) is 35.5 Å². The first-order chi connectivity index (χ1) is 24.0. The lowest BCUT2D eigenvalue weighted by Gasteiger charge is -2.72. The van der Waals surface area contributed by atoms with Gasteiger partial charge < -0.3 is 15.5 Å². The first kappa shape index (κ1) is 36.5. The van der Waals surface area contributed by atoms with Crippen molar-refractivity contribution < 1.29 is 19.4 Å². The number of fused-ring (bicyclic) bond motifs is 7. The quantitative estimate of drug-likeness (QED) is 0.198. The second-order valence-corrected chi connectivity index (χ2v) is 21.3. The molecule has 6 saturated carbocycles. The molecule has 6 fully saturated rings. The van der Waals surface area contributed by atoms with Crippen molar-refractivity contribution in [3.8, 4) is 0 Å². The van der Waals surface area contributed by atoms with Gasteiger partial charge in [-0.1, -0.05) is 58.9 Å². The molecule has 1 unspecified atom stereocenters. The minimum atomic E-state index is -1.25. The number of hydrogen-bond donors (Lipinski definition) is 3. The predicted octanol–water partition coefficient (Wildman–Crippen LogP) is 10.6. The monoisotopic (exact) mass is 704 g/mol. The molecule has 0 aromatic rings. The maximum absolute atomic E-state index is 14.0. The van der Waals surface area contributed by atoms with Gasteiger partial charge in [-0.05, 0) is 197 Å². The lowest BCUT2D eigenvalue weighted by atomic mass is 9.33. The molecule has 0 aliphatic heterocycles. The zero-order valence-electron chi connectivity index (χ0n) is 33.0. The normalized spacial score (nSPS) is 46.2. The predicted molar refractivity (Wildman–Crippen MR) is 204 cm³/mol. The molecular weight excluding hydrogens is 634 g/mol. The van der Waals surface area contributed by atoms with Gasteiger partial charge in [-0.25, -0.2) is 4.39 Å². The summed E-state index contributed by atoms with van der Waals surface area (Å²) in [5.74, 6) is 3.25. The van der Waals surface area contributed by atoms with Crippen LogP contribution in [0.1, 0.15) is 151 Å². The van der Waals surface area contributed by atoms with Crippen molar-refractivity contribution in [3.63, 3.8) is 0 Å². The third-order valence-corrected chi connectivity index (χ3v) is 18.9. The van der Waals surface area contributed by atoms with Gasteiger partial charge in [0.2, 0.25) is 0 Å². The Morgan fingerprint density at radius 2 is 1.59 bits per heavy atom. The van der Waals surface area contributed by atoms with Gasteiger partial charge in [-0.15, -0.1) is 0 Å². The van der Waals surface area contributed by atoms with E-state index >= 15 is 0 Å². The number of halogens is 1. The zero-order chi connectivity index (χ0) is 36.4. The zero-order valence-corrected chi connectivity index (χ0v) is 33.0. The van der Waals surface area contributed by atoms with E-state index in [0.717, 1.165) is 19.4 Å². The topological polar surface area (TPSA) is 69.6 Å². The average Bonchev–Trinajstić information content (AvgIpc) is 4.01. The van der Waals surface area contributed by atoms with Crippen molar-refractivity contribution in [1.29, 1.82) is 0 Å². The van der Waals surface area contributed by atoms with Crippen LogP contribution in [0.25, 0.3) is 0 Å². The number of aliphatic carboxylic acids is 1. The Labute approximate surface area is 309 Å². The van der Waals surface area contributed by atoms with Gasteiger partial charge in [0, 0.05) is 5.54 Å². The molecule has 3 N–H and O–H groups in total. The van der Waals surface area contributed by atoms with Crippen LogP contribution in [-0.2, 0) is 4.79 Å². The molecule has 0 heterocycles. The van der Waals surface area contributed by atoms with E-state index in [0.29, 0.717) is 60.7 Å². The number of carboxylic acids is 1. The number of aliphatic hydroxyl groups is 1. The maximum Gasteiger partial charge on any atom is 0.312 e. The van der Waals surface area contributed by atoms with Crippen molar-refractivity contribution in [2.45, 2.75) is 162 Å². The van der Waals surface area contributed by atoms with Crippen molar-refractivity contribution >= 4 is 5.97 Å². The largest absolute Gasteiger partial charge is 0.481 e. The number of alkyl halides is 1. The van der Waals surface area contributed by atoms with Crippen molar-refractivity contribution in [2.24, 2.45) is 68.5 Å². The summed E-state index contributed by atoms with van der Waals surface area (Å²) in [6, 6.07) is 0. The summed E-state index contributed by atoms with van der Waals surface area (Å²) in [5, 5.41) is 25.9. The molecule has 0 amide bonds. The minimum absolute atomic E-state index is 0.00184. The van der Waals surface area contributed by atoms with Crippen LogP contribution in [0.3, 0.4) is 0 Å². The molecule has 8 aliphatic carbocycles. The fraction of sp³-hybridized carbons (Fsp3) is 0.848. The smallest absolute Gasteiger partial charge is 0.312 e. The third-order valence-electron chi connectivity index (χ3n) is 18.9. The van der Waals surface area contributed by atoms with Crippen LogP contribution in [0.4, 0.5) is 4.39 Å². The Hall–Kier alpha value is -1.46. The van der Waals surface area contributed by atoms with Crippen LogP contribution in [-0.4, -0.2) is 40.5 Å². The van der Waals surface area contributed by atoms with E-state index in [-0.39, 0.29) is 27.2 Å². The number of carbonyl (C=O) groups is 1. The lowest BCUT2D eigenvalue weighted by molar-refractivity contribution is -0.221. The molecule has 0 spiro atoms. The number of nitrogens with one attached hydrogen (secondary N) is 1. The van der Waals surface area contributed by atoms with Crippen LogP contribution in [0, 0.1) is 68.5 Å². The highest BCUT2D eigenvalue weighted by atomic mass is 19.1. The molecule has 0 aromatic heterocycles. The van der Waals surface area contributed by atoms with Crippen molar-refractivity contribution in [1.82, 2.24) is 5.32 Å². The molecule has 10 atom stereocenters. The number of rotatable bonds is 10. The van der Waals surface area contributed by atoms with Crippen LogP contribution >= 0.6 is 0 Å². The summed E-state index contributed by atoms with van der Waals surface area (Å²) in [6.07, 6.45) is 23.1. The molecule has 8 rings (SSSR count). The third kappa shape index (κ3) is 5.17. The molecule has 0 aromatic carbocycles. The van der Waals surface area contributed by atoms with Gasteiger partial charge in [0.15, 0.2) is 0 Å². The number of carboxylic acid groups (broad SMARTS) is 1. The van der Waals surface area contributed by atoms with E-state index in [1.165, 1.54) is 93.8 Å². The Bertz CT molecular complexity index is 1490. The molecule has 51 heavy (non-hydrogen) atoms.